The van der Waals surface area contributed by atoms with Gasteiger partial charge in [-0.2, -0.15) is 0 Å². The minimum atomic E-state index is -0.694. The van der Waals surface area contributed by atoms with E-state index in [1.54, 1.807) is 6.07 Å². The summed E-state index contributed by atoms with van der Waals surface area (Å²) in [7, 11) is 2.47. The minimum Gasteiger partial charge on any atom is -0.465 e. The van der Waals surface area contributed by atoms with E-state index < -0.39 is 11.9 Å². The Morgan fingerprint density at radius 2 is 1.26 bits per heavy atom. The molecule has 0 amide bonds. The van der Waals surface area contributed by atoms with Crippen molar-refractivity contribution in [2.24, 2.45) is 0 Å². The molecule has 0 saturated carbocycles. The Morgan fingerprint density at radius 3 is 1.81 bits per heavy atom. The van der Waals surface area contributed by atoms with E-state index in [2.05, 4.69) is 33.8 Å². The molecule has 3 rings (SSSR count). The van der Waals surface area contributed by atoms with Crippen molar-refractivity contribution in [3.63, 3.8) is 0 Å². The fraction of sp³-hybridized carbons (Fsp3) is 0.423. The molecule has 164 valence electrons. The summed E-state index contributed by atoms with van der Waals surface area (Å²) in [6.07, 6.45) is 2.14. The third kappa shape index (κ3) is 4.01. The molecular weight excluding hydrogens is 392 g/mol. The lowest BCUT2D eigenvalue weighted by atomic mass is 9.62. The van der Waals surface area contributed by atoms with E-state index in [1.165, 1.54) is 37.5 Å². The van der Waals surface area contributed by atoms with E-state index in [1.807, 2.05) is 13.0 Å². The highest BCUT2D eigenvalue weighted by Gasteiger charge is 2.38. The van der Waals surface area contributed by atoms with Gasteiger partial charge in [0, 0.05) is 11.1 Å². The van der Waals surface area contributed by atoms with Crippen LogP contribution in [0, 0.1) is 6.92 Å². The summed E-state index contributed by atoms with van der Waals surface area (Å²) in [5.74, 6) is -1.55. The molecule has 31 heavy (non-hydrogen) atoms. The zero-order valence-corrected chi connectivity index (χ0v) is 19.3. The lowest BCUT2D eigenvalue weighted by molar-refractivity contribution is 0.0555. The van der Waals surface area contributed by atoms with Crippen LogP contribution in [-0.4, -0.2) is 31.9 Å². The fourth-order valence-electron chi connectivity index (χ4n) is 4.37. The van der Waals surface area contributed by atoms with Crippen LogP contribution in [0.15, 0.2) is 30.3 Å². The van der Waals surface area contributed by atoms with Crippen molar-refractivity contribution in [2.75, 3.05) is 14.2 Å². The Labute approximate surface area is 183 Å². The maximum atomic E-state index is 13.5. The number of fused-ring (bicyclic) bond motifs is 1. The van der Waals surface area contributed by atoms with Crippen LogP contribution in [0.2, 0.25) is 0 Å². The number of carbonyl (C=O) groups is 3. The standard InChI is InChI=1S/C26H30O5/c1-15-12-20-21(26(4,5)11-10-25(20,2)3)14-18(15)22(27)16-8-9-17(23(28)30-6)19(13-16)24(29)31-7/h8-9,12-14H,10-11H2,1-7H3. The highest BCUT2D eigenvalue weighted by atomic mass is 16.5. The van der Waals surface area contributed by atoms with Crippen molar-refractivity contribution in [1.29, 1.82) is 0 Å². The van der Waals surface area contributed by atoms with Crippen molar-refractivity contribution >= 4 is 17.7 Å². The number of hydrogen-bond acceptors (Lipinski definition) is 5. The van der Waals surface area contributed by atoms with Crippen LogP contribution in [0.1, 0.15) is 93.9 Å². The first-order chi connectivity index (χ1) is 14.4. The molecule has 0 radical (unpaired) electrons. The molecule has 2 aromatic carbocycles. The number of ether oxygens (including phenoxy) is 2. The van der Waals surface area contributed by atoms with Crippen molar-refractivity contribution < 1.29 is 23.9 Å². The van der Waals surface area contributed by atoms with E-state index in [0.29, 0.717) is 11.1 Å². The molecule has 0 saturated heterocycles. The van der Waals surface area contributed by atoms with Crippen molar-refractivity contribution in [2.45, 2.75) is 58.3 Å². The van der Waals surface area contributed by atoms with E-state index >= 15 is 0 Å². The quantitative estimate of drug-likeness (QED) is 0.503. The van der Waals surface area contributed by atoms with E-state index in [-0.39, 0.29) is 27.7 Å². The minimum absolute atomic E-state index is 0.0114. The Hall–Kier alpha value is -2.95. The zero-order valence-electron chi connectivity index (χ0n) is 19.3. The molecular formula is C26H30O5. The van der Waals surface area contributed by atoms with Crippen LogP contribution in [-0.2, 0) is 20.3 Å². The summed E-state index contributed by atoms with van der Waals surface area (Å²) in [6, 6.07) is 8.54. The van der Waals surface area contributed by atoms with Gasteiger partial charge in [0.2, 0.25) is 0 Å². The maximum Gasteiger partial charge on any atom is 0.338 e. The van der Waals surface area contributed by atoms with Gasteiger partial charge in [-0.05, 0) is 65.5 Å². The number of carbonyl (C=O) groups excluding carboxylic acids is 3. The maximum absolute atomic E-state index is 13.5. The predicted molar refractivity (Wildman–Crippen MR) is 119 cm³/mol. The van der Waals surface area contributed by atoms with Gasteiger partial charge in [0.15, 0.2) is 5.78 Å². The Bertz CT molecular complexity index is 1080. The highest BCUT2D eigenvalue weighted by molar-refractivity contribution is 6.12. The molecule has 0 atom stereocenters. The lowest BCUT2D eigenvalue weighted by Gasteiger charge is -2.42. The third-order valence-electron chi connectivity index (χ3n) is 6.53. The SMILES string of the molecule is COC(=O)c1ccc(C(=O)c2cc3c(cc2C)C(C)(C)CCC3(C)C)cc1C(=O)OC. The topological polar surface area (TPSA) is 69.7 Å². The van der Waals surface area contributed by atoms with Gasteiger partial charge in [0.1, 0.15) is 0 Å². The Morgan fingerprint density at radius 1 is 0.742 bits per heavy atom. The van der Waals surface area contributed by atoms with Gasteiger partial charge in [-0.1, -0.05) is 39.8 Å². The molecule has 1 aliphatic carbocycles. The smallest absolute Gasteiger partial charge is 0.338 e. The van der Waals surface area contributed by atoms with Crippen molar-refractivity contribution in [1.82, 2.24) is 0 Å². The molecule has 0 fully saturated rings. The largest absolute Gasteiger partial charge is 0.465 e. The van der Waals surface area contributed by atoms with Crippen LogP contribution in [0.5, 0.6) is 0 Å². The summed E-state index contributed by atoms with van der Waals surface area (Å²) in [5.41, 5.74) is 4.40. The first-order valence-corrected chi connectivity index (χ1v) is 10.4. The molecule has 0 unspecified atom stereocenters. The van der Waals surface area contributed by atoms with Gasteiger partial charge in [0.05, 0.1) is 25.3 Å². The fourth-order valence-corrected chi connectivity index (χ4v) is 4.37. The predicted octanol–water partition coefficient (Wildman–Crippen LogP) is 5.15. The highest BCUT2D eigenvalue weighted by Crippen LogP contribution is 2.46. The van der Waals surface area contributed by atoms with Gasteiger partial charge in [-0.25, -0.2) is 9.59 Å². The molecule has 0 N–H and O–H groups in total. The number of benzene rings is 2. The van der Waals surface area contributed by atoms with Crippen LogP contribution in [0.25, 0.3) is 0 Å². The number of ketones is 1. The van der Waals surface area contributed by atoms with Crippen LogP contribution < -0.4 is 0 Å². The molecule has 0 aliphatic heterocycles. The second-order valence-electron chi connectivity index (χ2n) is 9.55. The average molecular weight is 423 g/mol. The zero-order chi connectivity index (χ0) is 23.1. The van der Waals surface area contributed by atoms with Crippen molar-refractivity contribution in [3.8, 4) is 0 Å². The molecule has 0 spiro atoms. The molecule has 2 aromatic rings. The molecule has 5 heteroatoms. The van der Waals surface area contributed by atoms with Crippen LogP contribution >= 0.6 is 0 Å². The first-order valence-electron chi connectivity index (χ1n) is 10.4. The van der Waals surface area contributed by atoms with Gasteiger partial charge in [-0.15, -0.1) is 0 Å². The number of aryl methyl sites for hydroxylation is 1. The monoisotopic (exact) mass is 422 g/mol. The third-order valence-corrected chi connectivity index (χ3v) is 6.53. The molecule has 1 aliphatic rings. The molecule has 0 bridgehead atoms. The summed E-state index contributed by atoms with van der Waals surface area (Å²) < 4.78 is 9.55. The second kappa shape index (κ2) is 7.95. The average Bonchev–Trinajstić information content (AvgIpc) is 2.74. The number of rotatable bonds is 4. The van der Waals surface area contributed by atoms with Crippen LogP contribution in [0.3, 0.4) is 0 Å². The van der Waals surface area contributed by atoms with Crippen LogP contribution in [0.4, 0.5) is 0 Å². The number of methoxy groups -OCH3 is 2. The molecule has 0 aromatic heterocycles. The number of hydrogen-bond donors (Lipinski definition) is 0. The lowest BCUT2D eigenvalue weighted by Crippen LogP contribution is -2.34. The van der Waals surface area contributed by atoms with E-state index in [4.69, 9.17) is 9.47 Å². The molecule has 5 nitrogen and oxygen atoms in total. The molecule has 0 heterocycles. The second-order valence-corrected chi connectivity index (χ2v) is 9.55. The normalized spacial score (nSPS) is 16.2. The first kappa shape index (κ1) is 22.7. The summed E-state index contributed by atoms with van der Waals surface area (Å²) >= 11 is 0. The Balaban J connectivity index is 2.14. The van der Waals surface area contributed by atoms with Gasteiger partial charge in [0.25, 0.3) is 0 Å². The number of esters is 2. The van der Waals surface area contributed by atoms with E-state index in [0.717, 1.165) is 18.4 Å². The van der Waals surface area contributed by atoms with Crippen molar-refractivity contribution in [3.05, 3.63) is 69.3 Å². The summed E-state index contributed by atoms with van der Waals surface area (Å²) in [6.45, 7) is 10.9. The summed E-state index contributed by atoms with van der Waals surface area (Å²) in [4.78, 5) is 37.7. The summed E-state index contributed by atoms with van der Waals surface area (Å²) in [5, 5.41) is 0. The van der Waals surface area contributed by atoms with Gasteiger partial charge < -0.3 is 9.47 Å². The van der Waals surface area contributed by atoms with E-state index in [9.17, 15) is 14.4 Å². The Kier molecular flexibility index (Phi) is 5.83. The van der Waals surface area contributed by atoms with Gasteiger partial charge in [-0.3, -0.25) is 4.79 Å². The van der Waals surface area contributed by atoms with Gasteiger partial charge >= 0.3 is 11.9 Å².